The average Bonchev–Trinajstić information content (AvgIpc) is 4.11. The smallest absolute Gasteiger partial charge is 0.407 e. The molecule has 0 spiro atoms. The van der Waals surface area contributed by atoms with Gasteiger partial charge in [-0.1, -0.05) is 32.0 Å². The molecule has 2 aromatic heterocycles. The first-order valence-electron chi connectivity index (χ1n) is 21.4. The second-order valence-electron chi connectivity index (χ2n) is 17.2. The topological polar surface area (TPSA) is 202 Å². The molecule has 4 N–H and O–H groups in total. The summed E-state index contributed by atoms with van der Waals surface area (Å²) in [5, 5.41) is 7.32. The molecule has 3 aromatic carbocycles. The summed E-state index contributed by atoms with van der Waals surface area (Å²) in [6, 6.07) is 12.1. The van der Waals surface area contributed by atoms with Gasteiger partial charge in [0.05, 0.1) is 61.9 Å². The number of amides is 4. The highest BCUT2D eigenvalue weighted by Gasteiger charge is 2.43. The molecule has 7 atom stereocenters. The van der Waals surface area contributed by atoms with Gasteiger partial charge in [0.15, 0.2) is 0 Å². The summed E-state index contributed by atoms with van der Waals surface area (Å²) >= 11 is 0. The van der Waals surface area contributed by atoms with Crippen LogP contribution in [0.4, 0.5) is 9.59 Å². The van der Waals surface area contributed by atoms with Crippen molar-refractivity contribution >= 4 is 45.8 Å². The third-order valence-electron chi connectivity index (χ3n) is 12.9. The summed E-state index contributed by atoms with van der Waals surface area (Å²) in [7, 11) is 5.68. The Morgan fingerprint density at radius 3 is 2.35 bits per heavy atom. The Bertz CT molecular complexity index is 2540. The molecule has 0 bridgehead atoms. The molecular formula is C46H56N8O9. The van der Waals surface area contributed by atoms with E-state index in [0.717, 1.165) is 68.3 Å². The number of imidazole rings is 2. The van der Waals surface area contributed by atoms with Crippen LogP contribution < -0.4 is 15.4 Å². The highest BCUT2D eigenvalue weighted by molar-refractivity contribution is 6.07. The molecule has 2 fully saturated rings. The summed E-state index contributed by atoms with van der Waals surface area (Å²) in [5.74, 6) is 1.56. The summed E-state index contributed by atoms with van der Waals surface area (Å²) in [6.45, 7) is 8.82. The lowest BCUT2D eigenvalue weighted by Crippen LogP contribution is -2.54. The predicted molar refractivity (Wildman–Crippen MR) is 234 cm³/mol. The zero-order valence-corrected chi connectivity index (χ0v) is 36.9. The molecule has 0 saturated carbocycles. The maximum absolute atomic E-state index is 14.0. The SMILES string of the molecule is COC[C@H]1CC(c2ncc(-c3ccc4c(c3)COc3cc5c(ccc6[nH]c([C@@H]7CC[C@H](C)N7C(=O)[C@@H](NC(=O)OC)C(C)C)nc65)cc3-4)[nH]2)N(C(=O)[C@@H](NC(=O)OC)C(C)OC)C1. The Labute approximate surface area is 365 Å². The molecular weight excluding hydrogens is 809 g/mol. The number of likely N-dealkylation sites (tertiary alicyclic amines) is 2. The summed E-state index contributed by atoms with van der Waals surface area (Å²) in [6.07, 6.45) is 1.99. The lowest BCUT2D eigenvalue weighted by atomic mass is 9.92. The highest BCUT2D eigenvalue weighted by atomic mass is 16.5. The highest BCUT2D eigenvalue weighted by Crippen LogP contribution is 2.44. The second-order valence-corrected chi connectivity index (χ2v) is 17.2. The largest absolute Gasteiger partial charge is 0.488 e. The van der Waals surface area contributed by atoms with E-state index in [4.69, 9.17) is 33.7 Å². The molecule has 17 heteroatoms. The minimum absolute atomic E-state index is 0.0341. The molecule has 0 aliphatic carbocycles. The number of methoxy groups -OCH3 is 4. The number of H-pyrrole nitrogens is 2. The summed E-state index contributed by atoms with van der Waals surface area (Å²) < 4.78 is 27.0. The minimum atomic E-state index is -0.963. The van der Waals surface area contributed by atoms with Gasteiger partial charge in [-0.15, -0.1) is 0 Å². The average molecular weight is 865 g/mol. The van der Waals surface area contributed by atoms with E-state index >= 15 is 0 Å². The van der Waals surface area contributed by atoms with Gasteiger partial charge in [0, 0.05) is 43.7 Å². The molecule has 3 aliphatic heterocycles. The number of aromatic nitrogens is 4. The van der Waals surface area contributed by atoms with Gasteiger partial charge in [-0.3, -0.25) is 9.59 Å². The molecule has 5 heterocycles. The molecule has 2 unspecified atom stereocenters. The van der Waals surface area contributed by atoms with Crippen LogP contribution in [-0.2, 0) is 35.1 Å². The first-order chi connectivity index (χ1) is 30.3. The third kappa shape index (κ3) is 8.26. The number of nitrogens with zero attached hydrogens (tertiary/aromatic N) is 4. The van der Waals surface area contributed by atoms with Crippen molar-refractivity contribution < 1.29 is 42.9 Å². The monoisotopic (exact) mass is 864 g/mol. The molecule has 17 nitrogen and oxygen atoms in total. The fraction of sp³-hybridized carbons (Fsp3) is 0.478. The van der Waals surface area contributed by atoms with Crippen LogP contribution in [0.3, 0.4) is 0 Å². The van der Waals surface area contributed by atoms with Crippen LogP contribution >= 0.6 is 0 Å². The molecule has 334 valence electrons. The lowest BCUT2D eigenvalue weighted by Gasteiger charge is -2.32. The quantitative estimate of drug-likeness (QED) is 0.108. The van der Waals surface area contributed by atoms with E-state index in [0.29, 0.717) is 37.8 Å². The molecule has 63 heavy (non-hydrogen) atoms. The summed E-state index contributed by atoms with van der Waals surface area (Å²) in [4.78, 5) is 72.9. The van der Waals surface area contributed by atoms with Crippen molar-refractivity contribution in [3.05, 3.63) is 65.9 Å². The fourth-order valence-corrected chi connectivity index (χ4v) is 9.43. The Balaban J connectivity index is 1.05. The Kier molecular flexibility index (Phi) is 12.3. The second kappa shape index (κ2) is 17.9. The molecule has 8 rings (SSSR count). The maximum Gasteiger partial charge on any atom is 0.407 e. The first-order valence-corrected chi connectivity index (χ1v) is 21.4. The van der Waals surface area contributed by atoms with Gasteiger partial charge < -0.3 is 54.1 Å². The normalized spacial score (nSPS) is 20.8. The number of hydrogen-bond donors (Lipinski definition) is 4. The van der Waals surface area contributed by atoms with E-state index in [9.17, 15) is 19.2 Å². The van der Waals surface area contributed by atoms with Crippen LogP contribution in [0.15, 0.2) is 48.7 Å². The fourth-order valence-electron chi connectivity index (χ4n) is 9.43. The molecule has 5 aromatic rings. The zero-order chi connectivity index (χ0) is 44.7. The van der Waals surface area contributed by atoms with Crippen molar-refractivity contribution in [2.24, 2.45) is 11.8 Å². The van der Waals surface area contributed by atoms with Crippen molar-refractivity contribution in [2.45, 2.75) is 89.9 Å². The number of aromatic amines is 2. The van der Waals surface area contributed by atoms with Crippen LogP contribution in [0.5, 0.6) is 5.75 Å². The van der Waals surface area contributed by atoms with E-state index in [1.807, 2.05) is 31.7 Å². The van der Waals surface area contributed by atoms with E-state index in [1.165, 1.54) is 21.3 Å². The van der Waals surface area contributed by atoms with Crippen LogP contribution in [0.1, 0.15) is 76.3 Å². The number of rotatable bonds is 12. The lowest BCUT2D eigenvalue weighted by molar-refractivity contribution is -0.138. The van der Waals surface area contributed by atoms with Gasteiger partial charge in [-0.2, -0.15) is 0 Å². The number of ether oxygens (including phenoxy) is 5. The number of hydrogen-bond acceptors (Lipinski definition) is 11. The van der Waals surface area contributed by atoms with Crippen molar-refractivity contribution in [1.82, 2.24) is 40.4 Å². The van der Waals surface area contributed by atoms with Crippen molar-refractivity contribution in [3.8, 4) is 28.1 Å². The Morgan fingerprint density at radius 2 is 1.63 bits per heavy atom. The summed E-state index contributed by atoms with van der Waals surface area (Å²) in [5.41, 5.74) is 6.42. The van der Waals surface area contributed by atoms with Crippen LogP contribution in [-0.4, -0.2) is 120 Å². The van der Waals surface area contributed by atoms with Gasteiger partial charge in [-0.05, 0) is 85.4 Å². The van der Waals surface area contributed by atoms with Crippen LogP contribution in [0, 0.1) is 11.8 Å². The van der Waals surface area contributed by atoms with Crippen molar-refractivity contribution in [1.29, 1.82) is 0 Å². The number of benzene rings is 3. The van der Waals surface area contributed by atoms with Crippen LogP contribution in [0.25, 0.3) is 44.2 Å². The molecule has 3 aliphatic rings. The Hall–Kier alpha value is -6.20. The number of alkyl carbamates (subject to hydrolysis) is 2. The van der Waals surface area contributed by atoms with E-state index in [-0.39, 0.29) is 41.8 Å². The van der Waals surface area contributed by atoms with Crippen LogP contribution in [0.2, 0.25) is 0 Å². The van der Waals surface area contributed by atoms with Gasteiger partial charge >= 0.3 is 12.2 Å². The van der Waals surface area contributed by atoms with Gasteiger partial charge in [0.1, 0.15) is 36.1 Å². The minimum Gasteiger partial charge on any atom is -0.488 e. The van der Waals surface area contributed by atoms with Crippen molar-refractivity contribution in [3.63, 3.8) is 0 Å². The first kappa shape index (κ1) is 43.4. The molecule has 0 radical (unpaired) electrons. The van der Waals surface area contributed by atoms with Gasteiger partial charge in [0.2, 0.25) is 11.8 Å². The number of carbonyl (C=O) groups excluding carboxylic acids is 4. The zero-order valence-electron chi connectivity index (χ0n) is 36.9. The van der Waals surface area contributed by atoms with Gasteiger partial charge in [-0.25, -0.2) is 19.6 Å². The third-order valence-corrected chi connectivity index (χ3v) is 12.9. The maximum atomic E-state index is 14.0. The van der Waals surface area contributed by atoms with E-state index in [2.05, 4.69) is 57.0 Å². The van der Waals surface area contributed by atoms with E-state index < -0.39 is 30.4 Å². The Morgan fingerprint density at radius 1 is 0.873 bits per heavy atom. The van der Waals surface area contributed by atoms with Gasteiger partial charge in [0.25, 0.3) is 0 Å². The van der Waals surface area contributed by atoms with Crippen molar-refractivity contribution in [2.75, 3.05) is 41.6 Å². The number of fused-ring (bicyclic) bond motifs is 6. The number of carbonyl (C=O) groups is 4. The predicted octanol–water partition coefficient (Wildman–Crippen LogP) is 6.39. The molecule has 4 amide bonds. The van der Waals surface area contributed by atoms with E-state index in [1.54, 1.807) is 25.1 Å². The number of nitrogens with one attached hydrogen (secondary N) is 4. The molecule has 2 saturated heterocycles. The standard InChI is InChI=1S/C46H56N8O9/c1-23(2)38(51-45(57)61-7)44(56)54-24(3)9-14-35(54)42-48-33-13-11-27-17-32-30-12-10-28(16-29(30)22-63-37(32)18-31(27)40(33)50-42)34-19-47-41(49-34)36-15-26(21-59-5)20-53(36)43(55)39(25(4)60-6)52-46(58)62-8/h10-13,16-19,23-26,35-36,38-39H,9,14-15,20-22H2,1-8H3,(H,47,49)(H,48,50)(H,51,57)(H,52,58)/t24-,25?,26-,35-,36?,38-,39-/m0/s1.